The number of ketones is 1. The molecule has 4 rings (SSSR count). The molecule has 3 aromatic rings. The first-order valence-electron chi connectivity index (χ1n) is 13.3. The average molecular weight is 534 g/mol. The maximum atomic E-state index is 13.4. The second kappa shape index (κ2) is 13.0. The average Bonchev–Trinajstić information content (AvgIpc) is 3.56. The number of rotatable bonds is 13. The summed E-state index contributed by atoms with van der Waals surface area (Å²) in [7, 11) is 1.54. The highest BCUT2D eigenvalue weighted by Gasteiger charge is 2.46. The molecule has 1 unspecified atom stereocenters. The van der Waals surface area contributed by atoms with E-state index in [0.29, 0.717) is 47.3 Å². The Morgan fingerprint density at radius 3 is 2.51 bits per heavy atom. The minimum absolute atomic E-state index is 0.0159. The summed E-state index contributed by atoms with van der Waals surface area (Å²) in [5.74, 6) is 0.343. The van der Waals surface area contributed by atoms with E-state index in [-0.39, 0.29) is 17.9 Å². The highest BCUT2D eigenvalue weighted by atomic mass is 16.5. The lowest BCUT2D eigenvalue weighted by Gasteiger charge is -2.25. The second-order valence-corrected chi connectivity index (χ2v) is 9.35. The van der Waals surface area contributed by atoms with Gasteiger partial charge in [0.05, 0.1) is 44.7 Å². The van der Waals surface area contributed by atoms with Crippen molar-refractivity contribution in [2.45, 2.75) is 52.1 Å². The SMILES string of the molecule is CCCCCOc1ccc(C2C(=C(O)c3cccc(OCCC)c3)C(=O)C(=O)N2Cc2ccco2)cc1OC. The van der Waals surface area contributed by atoms with Crippen molar-refractivity contribution >= 4 is 17.4 Å². The van der Waals surface area contributed by atoms with Gasteiger partial charge < -0.3 is 28.6 Å². The lowest BCUT2D eigenvalue weighted by molar-refractivity contribution is -0.140. The number of nitrogens with zero attached hydrogens (tertiary/aromatic N) is 1. The van der Waals surface area contributed by atoms with Crippen LogP contribution >= 0.6 is 0 Å². The molecule has 1 fully saturated rings. The Morgan fingerprint density at radius 2 is 1.79 bits per heavy atom. The van der Waals surface area contributed by atoms with Crippen molar-refractivity contribution in [2.24, 2.45) is 0 Å². The number of carbonyl (C=O) groups excluding carboxylic acids is 2. The third-order valence-electron chi connectivity index (χ3n) is 6.54. The first kappa shape index (κ1) is 27.8. The number of methoxy groups -OCH3 is 1. The summed E-state index contributed by atoms with van der Waals surface area (Å²) in [4.78, 5) is 28.1. The minimum Gasteiger partial charge on any atom is -0.507 e. The molecule has 1 aromatic heterocycles. The van der Waals surface area contributed by atoms with Gasteiger partial charge in [-0.25, -0.2) is 0 Å². The van der Waals surface area contributed by atoms with Gasteiger partial charge in [-0.1, -0.05) is 44.9 Å². The number of benzene rings is 2. The Morgan fingerprint density at radius 1 is 0.949 bits per heavy atom. The third kappa shape index (κ3) is 6.28. The van der Waals surface area contributed by atoms with Crippen LogP contribution < -0.4 is 14.2 Å². The summed E-state index contributed by atoms with van der Waals surface area (Å²) < 4.78 is 22.7. The monoisotopic (exact) mass is 533 g/mol. The lowest BCUT2D eigenvalue weighted by Crippen LogP contribution is -2.29. The van der Waals surface area contributed by atoms with Crippen molar-refractivity contribution in [3.8, 4) is 17.2 Å². The first-order chi connectivity index (χ1) is 19.0. The van der Waals surface area contributed by atoms with Gasteiger partial charge in [0.1, 0.15) is 17.3 Å². The number of hydrogen-bond donors (Lipinski definition) is 1. The fraction of sp³-hybridized carbons (Fsp3) is 0.355. The summed E-state index contributed by atoms with van der Waals surface area (Å²) in [6.45, 7) is 5.25. The van der Waals surface area contributed by atoms with Crippen LogP contribution in [-0.2, 0) is 16.1 Å². The summed E-state index contributed by atoms with van der Waals surface area (Å²) in [6, 6.07) is 14.7. The number of amides is 1. The number of ether oxygens (including phenoxy) is 3. The Balaban J connectivity index is 1.77. The van der Waals surface area contributed by atoms with E-state index in [1.807, 2.05) is 6.92 Å². The Bertz CT molecular complexity index is 1310. The van der Waals surface area contributed by atoms with Gasteiger partial charge in [0, 0.05) is 5.56 Å². The van der Waals surface area contributed by atoms with Crippen molar-refractivity contribution in [1.29, 1.82) is 0 Å². The molecule has 0 saturated carbocycles. The number of likely N-dealkylation sites (tertiary alicyclic amines) is 1. The second-order valence-electron chi connectivity index (χ2n) is 9.35. The normalized spacial score (nSPS) is 16.5. The van der Waals surface area contributed by atoms with Gasteiger partial charge in [-0.3, -0.25) is 9.59 Å². The molecule has 1 aliphatic heterocycles. The molecule has 0 radical (unpaired) electrons. The van der Waals surface area contributed by atoms with E-state index in [2.05, 4.69) is 6.92 Å². The molecule has 0 bridgehead atoms. The quantitative estimate of drug-likeness (QED) is 0.120. The molecule has 1 saturated heterocycles. The molecular weight excluding hydrogens is 498 g/mol. The molecule has 2 aromatic carbocycles. The van der Waals surface area contributed by atoms with Gasteiger partial charge in [0.2, 0.25) is 0 Å². The number of carbonyl (C=O) groups is 2. The van der Waals surface area contributed by atoms with E-state index in [4.69, 9.17) is 18.6 Å². The van der Waals surface area contributed by atoms with Crippen LogP contribution in [-0.4, -0.2) is 42.0 Å². The third-order valence-corrected chi connectivity index (χ3v) is 6.54. The van der Waals surface area contributed by atoms with E-state index in [9.17, 15) is 14.7 Å². The maximum Gasteiger partial charge on any atom is 0.296 e. The molecule has 206 valence electrons. The molecule has 8 nitrogen and oxygen atoms in total. The van der Waals surface area contributed by atoms with Crippen LogP contribution in [0, 0.1) is 0 Å². The largest absolute Gasteiger partial charge is 0.507 e. The highest BCUT2D eigenvalue weighted by molar-refractivity contribution is 6.46. The summed E-state index contributed by atoms with van der Waals surface area (Å²) in [5.41, 5.74) is 0.962. The molecule has 1 amide bonds. The zero-order valence-corrected chi connectivity index (χ0v) is 22.6. The Kier molecular flexibility index (Phi) is 9.31. The summed E-state index contributed by atoms with van der Waals surface area (Å²) >= 11 is 0. The highest BCUT2D eigenvalue weighted by Crippen LogP contribution is 2.43. The molecule has 39 heavy (non-hydrogen) atoms. The molecule has 0 aliphatic carbocycles. The van der Waals surface area contributed by atoms with Crippen molar-refractivity contribution < 1.29 is 33.3 Å². The van der Waals surface area contributed by atoms with Crippen LogP contribution in [0.1, 0.15) is 62.5 Å². The van der Waals surface area contributed by atoms with Crippen molar-refractivity contribution in [1.82, 2.24) is 4.90 Å². The van der Waals surface area contributed by atoms with Gasteiger partial charge in [-0.05, 0) is 54.8 Å². The number of Topliss-reactive ketones (excluding diaryl/α,β-unsaturated/α-hetero) is 1. The van der Waals surface area contributed by atoms with Crippen LogP contribution in [0.4, 0.5) is 0 Å². The fourth-order valence-electron chi connectivity index (χ4n) is 4.58. The summed E-state index contributed by atoms with van der Waals surface area (Å²) in [6.07, 6.45) is 5.41. The van der Waals surface area contributed by atoms with Crippen LogP contribution in [0.3, 0.4) is 0 Å². The predicted octanol–water partition coefficient (Wildman–Crippen LogP) is 6.27. The smallest absolute Gasteiger partial charge is 0.296 e. The zero-order chi connectivity index (χ0) is 27.8. The van der Waals surface area contributed by atoms with E-state index < -0.39 is 17.7 Å². The van der Waals surface area contributed by atoms with Crippen molar-refractivity contribution in [3.63, 3.8) is 0 Å². The van der Waals surface area contributed by atoms with E-state index in [0.717, 1.165) is 25.7 Å². The van der Waals surface area contributed by atoms with Crippen LogP contribution in [0.2, 0.25) is 0 Å². The minimum atomic E-state index is -0.877. The van der Waals surface area contributed by atoms with Crippen LogP contribution in [0.15, 0.2) is 70.9 Å². The lowest BCUT2D eigenvalue weighted by atomic mass is 9.95. The Labute approximate surface area is 228 Å². The van der Waals surface area contributed by atoms with Crippen molar-refractivity contribution in [2.75, 3.05) is 20.3 Å². The number of unbranched alkanes of at least 4 members (excludes halogenated alkanes) is 2. The molecule has 2 heterocycles. The van der Waals surface area contributed by atoms with Gasteiger partial charge in [-0.15, -0.1) is 0 Å². The zero-order valence-electron chi connectivity index (χ0n) is 22.6. The first-order valence-corrected chi connectivity index (χ1v) is 13.3. The van der Waals surface area contributed by atoms with Crippen LogP contribution in [0.5, 0.6) is 17.2 Å². The molecule has 1 N–H and O–H groups in total. The molecule has 8 heteroatoms. The number of aliphatic hydroxyl groups excluding tert-OH is 1. The number of furan rings is 1. The predicted molar refractivity (Wildman–Crippen MR) is 147 cm³/mol. The van der Waals surface area contributed by atoms with E-state index >= 15 is 0 Å². The fourth-order valence-corrected chi connectivity index (χ4v) is 4.58. The molecular formula is C31H35NO7. The molecule has 0 spiro atoms. The van der Waals surface area contributed by atoms with Gasteiger partial charge >= 0.3 is 0 Å². The van der Waals surface area contributed by atoms with Crippen LogP contribution in [0.25, 0.3) is 5.76 Å². The van der Waals surface area contributed by atoms with Crippen molar-refractivity contribution in [3.05, 3.63) is 83.3 Å². The van der Waals surface area contributed by atoms with E-state index in [1.165, 1.54) is 11.2 Å². The van der Waals surface area contributed by atoms with Gasteiger partial charge in [0.25, 0.3) is 11.7 Å². The summed E-state index contributed by atoms with van der Waals surface area (Å²) in [5, 5.41) is 11.4. The number of hydrogen-bond acceptors (Lipinski definition) is 7. The maximum absolute atomic E-state index is 13.4. The van der Waals surface area contributed by atoms with Gasteiger partial charge in [0.15, 0.2) is 11.5 Å². The van der Waals surface area contributed by atoms with E-state index in [1.54, 1.807) is 61.7 Å². The molecule has 1 atom stereocenters. The Hall–Kier alpha value is -4.20. The molecule has 1 aliphatic rings. The standard InChI is InChI=1S/C31H35NO7/c1-4-6-7-16-39-25-14-13-21(19-26(25)36-3)28-27(29(33)22-10-8-11-23(18-22)37-15-5-2)30(34)31(35)32(28)20-24-12-9-17-38-24/h8-14,17-19,28,33H,4-7,15-16,20H2,1-3H3. The number of aliphatic hydroxyl groups is 1. The topological polar surface area (TPSA) is 98.4 Å². The van der Waals surface area contributed by atoms with Gasteiger partial charge in [-0.2, -0.15) is 0 Å².